The molecular weight excluding hydrogens is 498 g/mol. The summed E-state index contributed by atoms with van der Waals surface area (Å²) < 4.78 is 6.06. The average molecular weight is 522 g/mol. The van der Waals surface area contributed by atoms with Gasteiger partial charge in [0.1, 0.15) is 6.61 Å². The van der Waals surface area contributed by atoms with Crippen LogP contribution in [-0.2, 0) is 14.3 Å². The Morgan fingerprint density at radius 2 is 2.09 bits per heavy atom. The Bertz CT molecular complexity index is 1040. The van der Waals surface area contributed by atoms with Gasteiger partial charge in [0.2, 0.25) is 5.91 Å². The molecule has 2 fully saturated rings. The smallest absolute Gasteiger partial charge is 0.261 e. The molecule has 2 aliphatic heterocycles. The zero-order valence-corrected chi connectivity index (χ0v) is 19.9. The number of aryl methyl sites for hydroxylation is 1. The van der Waals surface area contributed by atoms with Gasteiger partial charge < -0.3 is 25.0 Å². The van der Waals surface area contributed by atoms with Gasteiger partial charge in [-0.1, -0.05) is 0 Å². The largest absolute Gasteiger partial charge is 0.396 e. The molecular formula is C22H24BrN3O5S. The summed E-state index contributed by atoms with van der Waals surface area (Å²) in [5, 5.41) is 12.5. The average Bonchev–Trinajstić information content (AvgIpc) is 3.33. The fourth-order valence-electron chi connectivity index (χ4n) is 4.19. The Balaban J connectivity index is 1.54. The number of aliphatic hydroxyl groups excluding tert-OH is 1. The van der Waals surface area contributed by atoms with E-state index in [9.17, 15) is 19.5 Å². The first kappa shape index (κ1) is 22.9. The minimum Gasteiger partial charge on any atom is -0.396 e. The number of morpholine rings is 1. The van der Waals surface area contributed by atoms with Gasteiger partial charge in [0.05, 0.1) is 27.2 Å². The van der Waals surface area contributed by atoms with Crippen LogP contribution in [0.1, 0.15) is 21.7 Å². The SMILES string of the molecule is Cc1cc(N2CC(NC(=O)c3ccc(Br)s3)C(CCO)C2=O)ccc1N1CCOCC1=O. The number of nitrogens with zero attached hydrogens (tertiary/aromatic N) is 2. The predicted molar refractivity (Wildman–Crippen MR) is 125 cm³/mol. The van der Waals surface area contributed by atoms with Crippen molar-refractivity contribution >= 4 is 56.4 Å². The van der Waals surface area contributed by atoms with Crippen molar-refractivity contribution in [2.24, 2.45) is 5.92 Å². The molecule has 1 aromatic heterocycles. The van der Waals surface area contributed by atoms with Gasteiger partial charge in [-0.3, -0.25) is 14.4 Å². The highest BCUT2D eigenvalue weighted by molar-refractivity contribution is 9.11. The number of thiophene rings is 1. The summed E-state index contributed by atoms with van der Waals surface area (Å²) in [5.41, 5.74) is 2.38. The van der Waals surface area contributed by atoms with Gasteiger partial charge >= 0.3 is 0 Å². The highest BCUT2D eigenvalue weighted by atomic mass is 79.9. The second kappa shape index (κ2) is 9.70. The molecule has 32 heavy (non-hydrogen) atoms. The fourth-order valence-corrected chi connectivity index (χ4v) is 5.48. The number of carbonyl (C=O) groups is 3. The number of nitrogens with one attached hydrogen (secondary N) is 1. The summed E-state index contributed by atoms with van der Waals surface area (Å²) >= 11 is 4.68. The predicted octanol–water partition coefficient (Wildman–Crippen LogP) is 2.33. The van der Waals surface area contributed by atoms with E-state index in [1.165, 1.54) is 11.3 Å². The molecule has 2 aliphatic rings. The highest BCUT2D eigenvalue weighted by Crippen LogP contribution is 2.32. The molecule has 0 spiro atoms. The summed E-state index contributed by atoms with van der Waals surface area (Å²) in [5.74, 6) is -0.963. The van der Waals surface area contributed by atoms with E-state index in [-0.39, 0.29) is 37.4 Å². The summed E-state index contributed by atoms with van der Waals surface area (Å²) in [4.78, 5) is 41.9. The molecule has 2 N–H and O–H groups in total. The van der Waals surface area contributed by atoms with Crippen LogP contribution in [0.15, 0.2) is 34.1 Å². The second-order valence-electron chi connectivity index (χ2n) is 7.82. The molecule has 2 atom stereocenters. The van der Waals surface area contributed by atoms with Gasteiger partial charge in [0.15, 0.2) is 0 Å². The first-order valence-electron chi connectivity index (χ1n) is 10.4. The number of rotatable bonds is 6. The summed E-state index contributed by atoms with van der Waals surface area (Å²) in [6, 6.07) is 8.67. The molecule has 2 aromatic rings. The molecule has 0 radical (unpaired) electrons. The maximum atomic E-state index is 13.2. The molecule has 8 nitrogen and oxygen atoms in total. The molecule has 0 saturated carbocycles. The molecule has 10 heteroatoms. The van der Waals surface area contributed by atoms with Crippen LogP contribution in [0.2, 0.25) is 0 Å². The van der Waals surface area contributed by atoms with Crippen molar-refractivity contribution in [2.75, 3.05) is 42.7 Å². The monoisotopic (exact) mass is 521 g/mol. The van der Waals surface area contributed by atoms with Crippen molar-refractivity contribution in [1.82, 2.24) is 5.32 Å². The van der Waals surface area contributed by atoms with Crippen LogP contribution < -0.4 is 15.1 Å². The van der Waals surface area contributed by atoms with Crippen molar-refractivity contribution in [3.63, 3.8) is 0 Å². The normalized spacial score (nSPS) is 21.3. The Hall–Kier alpha value is -2.27. The van der Waals surface area contributed by atoms with E-state index in [0.717, 1.165) is 15.0 Å². The number of carbonyl (C=O) groups excluding carboxylic acids is 3. The first-order valence-corrected chi connectivity index (χ1v) is 12.0. The quantitative estimate of drug-likeness (QED) is 0.607. The Morgan fingerprint density at radius 3 is 2.75 bits per heavy atom. The summed E-state index contributed by atoms with van der Waals surface area (Å²) in [6.07, 6.45) is 0.272. The third kappa shape index (κ3) is 4.59. The molecule has 3 heterocycles. The molecule has 0 bridgehead atoms. The molecule has 4 rings (SSSR count). The lowest BCUT2D eigenvalue weighted by Crippen LogP contribution is -2.42. The minimum absolute atomic E-state index is 0.0663. The highest BCUT2D eigenvalue weighted by Gasteiger charge is 2.41. The zero-order chi connectivity index (χ0) is 22.8. The van der Waals surface area contributed by atoms with Crippen molar-refractivity contribution in [1.29, 1.82) is 0 Å². The van der Waals surface area contributed by atoms with Crippen LogP contribution >= 0.6 is 27.3 Å². The van der Waals surface area contributed by atoms with E-state index < -0.39 is 12.0 Å². The molecule has 1 aromatic carbocycles. The third-order valence-corrected chi connectivity index (χ3v) is 7.39. The number of aliphatic hydroxyl groups is 1. The van der Waals surface area contributed by atoms with E-state index in [1.807, 2.05) is 25.1 Å². The van der Waals surface area contributed by atoms with E-state index in [2.05, 4.69) is 21.2 Å². The second-order valence-corrected chi connectivity index (χ2v) is 10.3. The molecule has 3 amide bonds. The summed E-state index contributed by atoms with van der Waals surface area (Å²) in [6.45, 7) is 3.13. The third-order valence-electron chi connectivity index (χ3n) is 5.77. The van der Waals surface area contributed by atoms with E-state index in [0.29, 0.717) is 30.3 Å². The van der Waals surface area contributed by atoms with Gasteiger partial charge in [-0.15, -0.1) is 11.3 Å². The van der Waals surface area contributed by atoms with Crippen LogP contribution in [0, 0.1) is 12.8 Å². The molecule has 2 saturated heterocycles. The van der Waals surface area contributed by atoms with Crippen LogP contribution in [-0.4, -0.2) is 61.8 Å². The lowest BCUT2D eigenvalue weighted by Gasteiger charge is -2.29. The van der Waals surface area contributed by atoms with Crippen LogP contribution in [0.4, 0.5) is 11.4 Å². The van der Waals surface area contributed by atoms with Gasteiger partial charge in [-0.25, -0.2) is 0 Å². The number of halogens is 1. The molecule has 2 unspecified atom stereocenters. The summed E-state index contributed by atoms with van der Waals surface area (Å²) in [7, 11) is 0. The number of hydrogen-bond acceptors (Lipinski definition) is 6. The lowest BCUT2D eigenvalue weighted by molar-refractivity contribution is -0.125. The van der Waals surface area contributed by atoms with Crippen LogP contribution in [0.3, 0.4) is 0 Å². The van der Waals surface area contributed by atoms with Crippen molar-refractivity contribution in [2.45, 2.75) is 19.4 Å². The van der Waals surface area contributed by atoms with E-state index in [4.69, 9.17) is 4.74 Å². The first-order chi connectivity index (χ1) is 15.4. The van der Waals surface area contributed by atoms with E-state index >= 15 is 0 Å². The minimum atomic E-state index is -0.506. The Kier molecular flexibility index (Phi) is 6.94. The number of amides is 3. The van der Waals surface area contributed by atoms with Crippen LogP contribution in [0.25, 0.3) is 0 Å². The lowest BCUT2D eigenvalue weighted by atomic mass is 9.99. The zero-order valence-electron chi connectivity index (χ0n) is 17.5. The van der Waals surface area contributed by atoms with Crippen LogP contribution in [0.5, 0.6) is 0 Å². The fraction of sp³-hybridized carbons (Fsp3) is 0.409. The number of anilines is 2. The Labute approximate surface area is 198 Å². The Morgan fingerprint density at radius 1 is 1.28 bits per heavy atom. The van der Waals surface area contributed by atoms with Gasteiger partial charge in [0.25, 0.3) is 11.8 Å². The van der Waals surface area contributed by atoms with Gasteiger partial charge in [-0.2, -0.15) is 0 Å². The number of ether oxygens (including phenoxy) is 1. The van der Waals surface area contributed by atoms with Crippen molar-refractivity contribution in [3.05, 3.63) is 44.6 Å². The van der Waals surface area contributed by atoms with Gasteiger partial charge in [0, 0.05) is 31.1 Å². The van der Waals surface area contributed by atoms with Gasteiger partial charge in [-0.05, 0) is 65.2 Å². The van der Waals surface area contributed by atoms with Crippen molar-refractivity contribution in [3.8, 4) is 0 Å². The topological polar surface area (TPSA) is 99.2 Å². The molecule has 170 valence electrons. The van der Waals surface area contributed by atoms with E-state index in [1.54, 1.807) is 21.9 Å². The standard InChI is InChI=1S/C22H24BrN3O5S/c1-13-10-14(2-3-17(13)25-7-9-31-12-20(25)28)26-11-16(15(6-8-27)22(26)30)24-21(29)18-4-5-19(23)32-18/h2-5,10,15-16,27H,6-9,11-12H2,1H3,(H,24,29). The maximum Gasteiger partial charge on any atom is 0.261 e. The molecule has 0 aliphatic carbocycles. The maximum absolute atomic E-state index is 13.2. The number of benzene rings is 1. The van der Waals surface area contributed by atoms with Crippen molar-refractivity contribution < 1.29 is 24.2 Å². The number of hydrogen-bond donors (Lipinski definition) is 2.